The van der Waals surface area contributed by atoms with Crippen molar-refractivity contribution in [2.45, 2.75) is 117 Å². The van der Waals surface area contributed by atoms with Gasteiger partial charge in [0.25, 0.3) is 0 Å². The quantitative estimate of drug-likeness (QED) is 0.0556. The van der Waals surface area contributed by atoms with Crippen molar-refractivity contribution in [3.05, 3.63) is 201 Å². The van der Waals surface area contributed by atoms with E-state index in [1.54, 1.807) is 12.1 Å². The number of rotatable bonds is 23. The molecule has 0 atom stereocenters. The van der Waals surface area contributed by atoms with Gasteiger partial charge in [0, 0.05) is 73.6 Å². The monoisotopic (exact) mass is 1160 g/mol. The molecule has 6 nitrogen and oxygen atoms in total. The Bertz CT molecular complexity index is 4070. The molecule has 0 radical (unpaired) electrons. The molecular weight excluding hydrogens is 1090 g/mol. The summed E-state index contributed by atoms with van der Waals surface area (Å²) >= 11 is 5.71. The lowest BCUT2D eigenvalue weighted by molar-refractivity contribution is 0.0697. The second-order valence-corrected chi connectivity index (χ2v) is 25.9. The predicted molar refractivity (Wildman–Crippen MR) is 361 cm³/mol. The Morgan fingerprint density at radius 1 is 0.345 bits per heavy atom. The van der Waals surface area contributed by atoms with Crippen molar-refractivity contribution < 1.29 is 9.90 Å². The van der Waals surface area contributed by atoms with E-state index >= 15 is 0 Å². The van der Waals surface area contributed by atoms with E-state index < -0.39 is 5.97 Å². The van der Waals surface area contributed by atoms with Crippen molar-refractivity contribution in [2.24, 2.45) is 0 Å². The summed E-state index contributed by atoms with van der Waals surface area (Å²) < 4.78 is 0. The van der Waals surface area contributed by atoms with Crippen molar-refractivity contribution >= 4 is 86.4 Å². The van der Waals surface area contributed by atoms with Gasteiger partial charge in [0.05, 0.1) is 28.3 Å². The van der Waals surface area contributed by atoms with Crippen molar-refractivity contribution in [3.63, 3.8) is 0 Å². The Labute approximate surface area is 506 Å². The number of benzene rings is 4. The standard InChI is InChI=1S/C75H72N4O2S3/c1-4-7-10-13-16-57-35-46-68(82-57)49-19-25-52(26-20-49)71-60-38-40-62(76-60)72(53-27-21-50(22-28-53)69-47-36-58(83-69)17-14-11-8-5-2)64-42-44-66(78-64)74(55-31-33-56(34-32-55)75(80)81)67-45-43-65(79-67)73(63-41-39-61(71)77-63)54-29-23-51(24-30-54)70-48-37-59(84-70)18-15-12-9-6-3/h19-48,76,79H,4-18H2,1-3H3,(H,80,81). The molecule has 422 valence electrons. The maximum absolute atomic E-state index is 12.2. The van der Waals surface area contributed by atoms with Gasteiger partial charge in [0.15, 0.2) is 0 Å². The van der Waals surface area contributed by atoms with Gasteiger partial charge in [-0.05, 0) is 175 Å². The highest BCUT2D eigenvalue weighted by molar-refractivity contribution is 7.16. The molecule has 2 aliphatic heterocycles. The van der Waals surface area contributed by atoms with Gasteiger partial charge in [-0.3, -0.25) is 0 Å². The molecule has 0 aliphatic carbocycles. The molecule has 8 bridgehead atoms. The highest BCUT2D eigenvalue weighted by atomic mass is 32.1. The van der Waals surface area contributed by atoms with Crippen LogP contribution >= 0.6 is 34.0 Å². The smallest absolute Gasteiger partial charge is 0.335 e. The first-order valence-electron chi connectivity index (χ1n) is 30.4. The van der Waals surface area contributed by atoms with Crippen LogP contribution in [0.1, 0.15) is 146 Å². The van der Waals surface area contributed by atoms with Crippen LogP contribution in [-0.2, 0) is 19.3 Å². The summed E-state index contributed by atoms with van der Waals surface area (Å²) in [4.78, 5) is 39.4. The number of hydrogen-bond donors (Lipinski definition) is 3. The zero-order valence-corrected chi connectivity index (χ0v) is 50.9. The minimum Gasteiger partial charge on any atom is -0.478 e. The molecule has 2 aliphatic rings. The van der Waals surface area contributed by atoms with Gasteiger partial charge in [-0.25, -0.2) is 14.8 Å². The first-order chi connectivity index (χ1) is 41.3. The summed E-state index contributed by atoms with van der Waals surface area (Å²) in [5.41, 5.74) is 18.6. The second-order valence-electron chi connectivity index (χ2n) is 22.3. The number of carbonyl (C=O) groups is 1. The lowest BCUT2D eigenvalue weighted by Crippen LogP contribution is -1.95. The van der Waals surface area contributed by atoms with E-state index in [-0.39, 0.29) is 5.56 Å². The molecule has 84 heavy (non-hydrogen) atoms. The molecule has 0 spiro atoms. The topological polar surface area (TPSA) is 94.7 Å². The van der Waals surface area contributed by atoms with Crippen LogP contribution in [0.5, 0.6) is 0 Å². The summed E-state index contributed by atoms with van der Waals surface area (Å²) in [6.45, 7) is 6.80. The Balaban J connectivity index is 1.04. The first-order valence-corrected chi connectivity index (χ1v) is 32.8. The SMILES string of the molecule is CCCCCCc1ccc(-c2ccc(-c3c4nc(c(-c5ccc(-c6ccc(CCCCCC)s6)cc5)c5ccc([nH]5)c(-c5ccc(-c6ccc(CCCCCC)s6)cc5)c5nc(c(-c6ccc(C(=O)O)cc6)c6ccc3[nH]6)C=C5)C=C4)cc2)s1. The van der Waals surface area contributed by atoms with Crippen molar-refractivity contribution in [1.29, 1.82) is 0 Å². The number of carboxylic acid groups (broad SMARTS) is 1. The zero-order chi connectivity index (χ0) is 57.4. The van der Waals surface area contributed by atoms with E-state index in [0.29, 0.717) is 0 Å². The number of nitrogens with one attached hydrogen (secondary N) is 2. The zero-order valence-electron chi connectivity index (χ0n) is 48.4. The van der Waals surface area contributed by atoms with E-state index in [9.17, 15) is 9.90 Å². The molecule has 4 aromatic carbocycles. The lowest BCUT2D eigenvalue weighted by Gasteiger charge is -2.08. The third kappa shape index (κ3) is 12.6. The predicted octanol–water partition coefficient (Wildman–Crippen LogP) is 22.6. The van der Waals surface area contributed by atoms with Crippen LogP contribution in [0.2, 0.25) is 0 Å². The number of aryl methyl sites for hydroxylation is 3. The van der Waals surface area contributed by atoms with Gasteiger partial charge in [-0.2, -0.15) is 0 Å². The number of aromatic carboxylic acids is 1. The summed E-state index contributed by atoms with van der Waals surface area (Å²) in [7, 11) is 0. The van der Waals surface area contributed by atoms with Crippen LogP contribution in [0.3, 0.4) is 0 Å². The number of hydrogen-bond acceptors (Lipinski definition) is 6. The van der Waals surface area contributed by atoms with Crippen LogP contribution < -0.4 is 0 Å². The van der Waals surface area contributed by atoms with Crippen LogP contribution in [0.25, 0.3) is 122 Å². The number of aromatic amines is 2. The highest BCUT2D eigenvalue weighted by Crippen LogP contribution is 2.41. The fraction of sp³-hybridized carbons (Fsp3) is 0.240. The van der Waals surface area contributed by atoms with E-state index in [1.165, 1.54) is 123 Å². The van der Waals surface area contributed by atoms with Crippen LogP contribution in [0.4, 0.5) is 0 Å². The molecular formula is C75H72N4O2S3. The van der Waals surface area contributed by atoms with Gasteiger partial charge in [-0.15, -0.1) is 34.0 Å². The first kappa shape index (κ1) is 56.5. The molecule has 3 N–H and O–H groups in total. The van der Waals surface area contributed by atoms with E-state index in [2.05, 4.69) is 189 Å². The third-order valence-electron chi connectivity index (χ3n) is 16.4. The average Bonchev–Trinajstić information content (AvgIpc) is 3.53. The number of thiophene rings is 3. The van der Waals surface area contributed by atoms with Crippen molar-refractivity contribution in [3.8, 4) is 75.8 Å². The maximum atomic E-state index is 12.2. The van der Waals surface area contributed by atoms with Crippen LogP contribution in [0, 0.1) is 0 Å². The maximum Gasteiger partial charge on any atom is 0.335 e. The molecule has 10 aromatic rings. The van der Waals surface area contributed by atoms with Gasteiger partial charge >= 0.3 is 5.97 Å². The number of nitrogens with zero attached hydrogens (tertiary/aromatic N) is 2. The summed E-state index contributed by atoms with van der Waals surface area (Å²) in [6, 6.07) is 56.5. The third-order valence-corrected chi connectivity index (χ3v) is 19.9. The molecule has 0 saturated carbocycles. The van der Waals surface area contributed by atoms with Crippen LogP contribution in [-0.4, -0.2) is 31.0 Å². The number of carboxylic acids is 1. The minimum atomic E-state index is -0.968. The fourth-order valence-corrected chi connectivity index (χ4v) is 14.9. The number of aromatic nitrogens is 4. The Morgan fingerprint density at radius 2 is 0.619 bits per heavy atom. The number of fused-ring (bicyclic) bond motifs is 8. The summed E-state index contributed by atoms with van der Waals surface area (Å²) in [5.74, 6) is -0.968. The normalized spacial score (nSPS) is 12.0. The van der Waals surface area contributed by atoms with Gasteiger partial charge in [0.1, 0.15) is 0 Å². The van der Waals surface area contributed by atoms with Gasteiger partial charge in [0.2, 0.25) is 0 Å². The Kier molecular flexibility index (Phi) is 17.7. The van der Waals surface area contributed by atoms with Gasteiger partial charge < -0.3 is 15.1 Å². The van der Waals surface area contributed by atoms with Crippen molar-refractivity contribution in [1.82, 2.24) is 19.9 Å². The van der Waals surface area contributed by atoms with Crippen molar-refractivity contribution in [2.75, 3.05) is 0 Å². The number of unbranched alkanes of at least 4 members (excludes halogenated alkanes) is 9. The second kappa shape index (κ2) is 26.3. The van der Waals surface area contributed by atoms with Crippen LogP contribution in [0.15, 0.2) is 158 Å². The fourth-order valence-electron chi connectivity index (χ4n) is 11.8. The molecule has 0 amide bonds. The molecule has 6 aromatic heterocycles. The number of H-pyrrole nitrogens is 2. The summed E-state index contributed by atoms with van der Waals surface area (Å²) in [5, 5.41) is 9.99. The molecule has 9 heteroatoms. The molecule has 0 fully saturated rings. The Morgan fingerprint density at radius 3 is 0.893 bits per heavy atom. The molecule has 12 rings (SSSR count). The highest BCUT2D eigenvalue weighted by Gasteiger charge is 2.21. The van der Waals surface area contributed by atoms with E-state index in [4.69, 9.17) is 9.97 Å². The lowest BCUT2D eigenvalue weighted by atomic mass is 10.0. The Hall–Kier alpha value is -7.95. The van der Waals surface area contributed by atoms with E-state index in [1.807, 2.05) is 46.1 Å². The molecule has 0 unspecified atom stereocenters. The molecule has 8 heterocycles. The van der Waals surface area contributed by atoms with E-state index in [0.717, 1.165) is 109 Å². The minimum absolute atomic E-state index is 0.225. The largest absolute Gasteiger partial charge is 0.478 e. The summed E-state index contributed by atoms with van der Waals surface area (Å²) in [6.07, 6.45) is 27.0. The average molecular weight is 1160 g/mol. The van der Waals surface area contributed by atoms with Gasteiger partial charge in [-0.1, -0.05) is 163 Å². The molecule has 0 saturated heterocycles.